The molecule has 8 heteroatoms. The normalized spacial score (nSPS) is 12.1. The molecular weight excluding hydrogens is 450 g/mol. The van der Waals surface area contributed by atoms with Crippen LogP contribution in [0, 0.1) is 0 Å². The summed E-state index contributed by atoms with van der Waals surface area (Å²) in [5.74, 6) is -0.347. The maximum Gasteiger partial charge on any atom is 0.242 e. The number of sulfonamides is 1. The smallest absolute Gasteiger partial charge is 0.242 e. The van der Waals surface area contributed by atoms with E-state index in [2.05, 4.69) is 5.32 Å². The first-order chi connectivity index (χ1) is 16.2. The van der Waals surface area contributed by atoms with Crippen LogP contribution in [0.5, 0.6) is 0 Å². The number of aryl methyl sites for hydroxylation is 1. The van der Waals surface area contributed by atoms with E-state index in [1.807, 2.05) is 63.2 Å². The van der Waals surface area contributed by atoms with E-state index in [0.717, 1.165) is 17.5 Å². The molecule has 0 spiro atoms. The molecule has 0 saturated heterocycles. The van der Waals surface area contributed by atoms with Crippen molar-refractivity contribution in [1.29, 1.82) is 0 Å². The van der Waals surface area contributed by atoms with Crippen molar-refractivity contribution in [3.63, 3.8) is 0 Å². The minimum Gasteiger partial charge on any atom is -0.355 e. The van der Waals surface area contributed by atoms with Crippen molar-refractivity contribution in [3.05, 3.63) is 65.7 Å². The Kier molecular flexibility index (Phi) is 10.6. The van der Waals surface area contributed by atoms with Crippen molar-refractivity contribution in [2.45, 2.75) is 59.0 Å². The van der Waals surface area contributed by atoms with Crippen LogP contribution in [-0.4, -0.2) is 50.5 Å². The molecule has 0 aliphatic heterocycles. The van der Waals surface area contributed by atoms with Crippen LogP contribution in [0.2, 0.25) is 0 Å². The summed E-state index contributed by atoms with van der Waals surface area (Å²) in [6.07, 6.45) is 3.02. The average Bonchev–Trinajstić information content (AvgIpc) is 2.81. The molecule has 1 N–H and O–H groups in total. The molecule has 0 radical (unpaired) electrons. The Hall–Kier alpha value is -2.87. The molecule has 34 heavy (non-hydrogen) atoms. The maximum absolute atomic E-state index is 13.3. The molecular formula is C26H37N3O4S. The Balaban J connectivity index is 2.16. The molecule has 0 aromatic heterocycles. The molecule has 0 saturated carbocycles. The summed E-state index contributed by atoms with van der Waals surface area (Å²) in [5, 5.41) is 2.82. The predicted molar refractivity (Wildman–Crippen MR) is 137 cm³/mol. The van der Waals surface area contributed by atoms with Gasteiger partial charge in [0.2, 0.25) is 21.8 Å². The summed E-state index contributed by atoms with van der Waals surface area (Å²) in [5.41, 5.74) is 2.65. The van der Waals surface area contributed by atoms with Gasteiger partial charge < -0.3 is 10.2 Å². The SMILES string of the molecule is CCNC(=O)C(CC)N(Cc1ccccc1)C(=O)CCCN(c1ccc(CC)cc1)S(C)(=O)=O. The number of hydrogen-bond donors (Lipinski definition) is 1. The summed E-state index contributed by atoms with van der Waals surface area (Å²) in [6.45, 7) is 6.78. The first-order valence-corrected chi connectivity index (χ1v) is 13.7. The maximum atomic E-state index is 13.3. The second-order valence-corrected chi connectivity index (χ2v) is 10.2. The van der Waals surface area contributed by atoms with Gasteiger partial charge in [0, 0.05) is 26.1 Å². The second kappa shape index (κ2) is 13.1. The van der Waals surface area contributed by atoms with Crippen molar-refractivity contribution in [2.75, 3.05) is 23.7 Å². The van der Waals surface area contributed by atoms with E-state index in [1.165, 1.54) is 10.6 Å². The first-order valence-electron chi connectivity index (χ1n) is 11.9. The lowest BCUT2D eigenvalue weighted by molar-refractivity contribution is -0.141. The number of likely N-dealkylation sites (N-methyl/N-ethyl adjacent to an activating group) is 1. The van der Waals surface area contributed by atoms with E-state index >= 15 is 0 Å². The first kappa shape index (κ1) is 27.4. The van der Waals surface area contributed by atoms with Crippen LogP contribution in [0.25, 0.3) is 0 Å². The van der Waals surface area contributed by atoms with Crippen molar-refractivity contribution < 1.29 is 18.0 Å². The van der Waals surface area contributed by atoms with Gasteiger partial charge in [0.15, 0.2) is 0 Å². The predicted octanol–water partition coefficient (Wildman–Crippen LogP) is 3.74. The van der Waals surface area contributed by atoms with Crippen molar-refractivity contribution in [3.8, 4) is 0 Å². The summed E-state index contributed by atoms with van der Waals surface area (Å²) >= 11 is 0. The second-order valence-electron chi connectivity index (χ2n) is 8.28. The molecule has 1 unspecified atom stereocenters. The average molecular weight is 488 g/mol. The number of amides is 2. The lowest BCUT2D eigenvalue weighted by atomic mass is 10.1. The third-order valence-corrected chi connectivity index (χ3v) is 6.91. The van der Waals surface area contributed by atoms with E-state index in [-0.39, 0.29) is 24.8 Å². The Morgan fingerprint density at radius 3 is 2.12 bits per heavy atom. The molecule has 2 aromatic carbocycles. The van der Waals surface area contributed by atoms with Crippen LogP contribution in [0.15, 0.2) is 54.6 Å². The minimum absolute atomic E-state index is 0.141. The largest absolute Gasteiger partial charge is 0.355 e. The highest BCUT2D eigenvalue weighted by atomic mass is 32.2. The Morgan fingerprint density at radius 2 is 1.59 bits per heavy atom. The third kappa shape index (κ3) is 7.87. The molecule has 0 heterocycles. The van der Waals surface area contributed by atoms with E-state index in [4.69, 9.17) is 0 Å². The zero-order chi connectivity index (χ0) is 25.1. The van der Waals surface area contributed by atoms with Crippen LogP contribution in [0.4, 0.5) is 5.69 Å². The summed E-state index contributed by atoms with van der Waals surface area (Å²) in [6, 6.07) is 16.4. The number of nitrogens with zero attached hydrogens (tertiary/aromatic N) is 2. The van der Waals surface area contributed by atoms with Crippen LogP contribution in [0.1, 0.15) is 51.2 Å². The highest BCUT2D eigenvalue weighted by Gasteiger charge is 2.28. The summed E-state index contributed by atoms with van der Waals surface area (Å²) in [4.78, 5) is 27.6. The number of carbonyl (C=O) groups excluding carboxylic acids is 2. The number of nitrogens with one attached hydrogen (secondary N) is 1. The van der Waals surface area contributed by atoms with Gasteiger partial charge >= 0.3 is 0 Å². The molecule has 2 rings (SSSR count). The molecule has 2 aromatic rings. The Labute approximate surface area is 204 Å². The van der Waals surface area contributed by atoms with Gasteiger partial charge in [0.25, 0.3) is 0 Å². The zero-order valence-corrected chi connectivity index (χ0v) is 21.5. The molecule has 186 valence electrons. The van der Waals surface area contributed by atoms with Gasteiger partial charge in [-0.05, 0) is 49.4 Å². The molecule has 0 bridgehead atoms. The minimum atomic E-state index is -3.50. The molecule has 1 atom stereocenters. The molecule has 0 aliphatic rings. The standard InChI is InChI=1S/C26H37N3O4S/c1-5-21-15-17-23(18-16-21)29(34(4,32)33)19-11-14-25(30)28(20-22-12-9-8-10-13-22)24(6-2)26(31)27-7-3/h8-10,12-13,15-18,24H,5-7,11,14,19-20H2,1-4H3,(H,27,31). The fourth-order valence-corrected chi connectivity index (χ4v) is 4.86. The van der Waals surface area contributed by atoms with Crippen molar-refractivity contribution in [2.24, 2.45) is 0 Å². The quantitative estimate of drug-likeness (QED) is 0.466. The number of hydrogen-bond acceptors (Lipinski definition) is 4. The lowest BCUT2D eigenvalue weighted by Gasteiger charge is -2.31. The fraction of sp³-hybridized carbons (Fsp3) is 0.462. The van der Waals surface area contributed by atoms with Crippen LogP contribution < -0.4 is 9.62 Å². The van der Waals surface area contributed by atoms with Crippen LogP contribution in [0.3, 0.4) is 0 Å². The number of anilines is 1. The number of carbonyl (C=O) groups is 2. The van der Waals surface area contributed by atoms with Gasteiger partial charge in [0.05, 0.1) is 11.9 Å². The fourth-order valence-electron chi connectivity index (χ4n) is 3.89. The van der Waals surface area contributed by atoms with Crippen LogP contribution in [-0.2, 0) is 32.6 Å². The molecule has 0 fully saturated rings. The van der Waals surface area contributed by atoms with Crippen LogP contribution >= 0.6 is 0 Å². The number of benzene rings is 2. The number of rotatable bonds is 13. The van der Waals surface area contributed by atoms with E-state index < -0.39 is 16.1 Å². The highest BCUT2D eigenvalue weighted by molar-refractivity contribution is 7.92. The lowest BCUT2D eigenvalue weighted by Crippen LogP contribution is -2.49. The van der Waals surface area contributed by atoms with E-state index in [0.29, 0.717) is 31.6 Å². The summed E-state index contributed by atoms with van der Waals surface area (Å²) < 4.78 is 26.2. The third-order valence-electron chi connectivity index (χ3n) is 5.72. The zero-order valence-electron chi connectivity index (χ0n) is 20.7. The molecule has 0 aliphatic carbocycles. The van der Waals surface area contributed by atoms with E-state index in [1.54, 1.807) is 17.0 Å². The Bertz CT molecular complexity index is 1020. The summed E-state index contributed by atoms with van der Waals surface area (Å²) in [7, 11) is -3.50. The van der Waals surface area contributed by atoms with Gasteiger partial charge in [-0.1, -0.05) is 56.3 Å². The topological polar surface area (TPSA) is 86.8 Å². The van der Waals surface area contributed by atoms with Gasteiger partial charge in [0.1, 0.15) is 6.04 Å². The molecule has 7 nitrogen and oxygen atoms in total. The van der Waals surface area contributed by atoms with Crippen molar-refractivity contribution in [1.82, 2.24) is 10.2 Å². The van der Waals surface area contributed by atoms with Gasteiger partial charge in [-0.15, -0.1) is 0 Å². The molecule has 2 amide bonds. The van der Waals surface area contributed by atoms with Gasteiger partial charge in [-0.3, -0.25) is 13.9 Å². The van der Waals surface area contributed by atoms with Gasteiger partial charge in [-0.25, -0.2) is 8.42 Å². The van der Waals surface area contributed by atoms with Crippen molar-refractivity contribution >= 4 is 27.5 Å². The van der Waals surface area contributed by atoms with Gasteiger partial charge in [-0.2, -0.15) is 0 Å². The Morgan fingerprint density at radius 1 is 0.941 bits per heavy atom. The highest BCUT2D eigenvalue weighted by Crippen LogP contribution is 2.20. The monoisotopic (exact) mass is 487 g/mol. The van der Waals surface area contributed by atoms with E-state index in [9.17, 15) is 18.0 Å².